The summed E-state index contributed by atoms with van der Waals surface area (Å²) < 4.78 is 11.1. The Kier molecular flexibility index (Phi) is 4.72. The molecule has 2 atom stereocenters. The molecule has 4 rings (SSSR count). The van der Waals surface area contributed by atoms with Crippen LogP contribution >= 0.6 is 0 Å². The average Bonchev–Trinajstić information content (AvgIpc) is 3.33. The van der Waals surface area contributed by atoms with E-state index in [0.717, 1.165) is 55.7 Å². The zero-order chi connectivity index (χ0) is 17.2. The zero-order valence-corrected chi connectivity index (χ0v) is 14.7. The van der Waals surface area contributed by atoms with Gasteiger partial charge in [0, 0.05) is 13.2 Å². The fourth-order valence-corrected chi connectivity index (χ4v) is 3.79. The van der Waals surface area contributed by atoms with E-state index in [2.05, 4.69) is 24.0 Å². The number of carbonyl (C=O) groups excluding carboxylic acids is 1. The van der Waals surface area contributed by atoms with Crippen LogP contribution in [0.3, 0.4) is 0 Å². The minimum atomic E-state index is 0.0199. The van der Waals surface area contributed by atoms with Gasteiger partial charge < -0.3 is 19.4 Å². The van der Waals surface area contributed by atoms with Gasteiger partial charge in [-0.3, -0.25) is 4.79 Å². The Bertz CT molecular complexity index is 751. The molecule has 1 aromatic heterocycles. The first-order chi connectivity index (χ1) is 12.2. The van der Waals surface area contributed by atoms with Crippen molar-refractivity contribution in [3.8, 4) is 0 Å². The molecule has 0 radical (unpaired) electrons. The molecular formula is C19H25N3O3. The van der Waals surface area contributed by atoms with Gasteiger partial charge in [-0.15, -0.1) is 0 Å². The van der Waals surface area contributed by atoms with Crippen molar-refractivity contribution in [2.75, 3.05) is 26.4 Å². The fourth-order valence-electron chi connectivity index (χ4n) is 3.79. The van der Waals surface area contributed by atoms with Crippen LogP contribution in [0.15, 0.2) is 18.2 Å². The van der Waals surface area contributed by atoms with E-state index in [1.165, 1.54) is 5.56 Å². The van der Waals surface area contributed by atoms with Gasteiger partial charge in [0.25, 0.3) is 0 Å². The van der Waals surface area contributed by atoms with E-state index in [1.807, 2.05) is 11.0 Å². The summed E-state index contributed by atoms with van der Waals surface area (Å²) in [6.07, 6.45) is 4.20. The van der Waals surface area contributed by atoms with E-state index >= 15 is 0 Å². The quantitative estimate of drug-likeness (QED) is 0.906. The normalized spacial score (nSPS) is 23.6. The Morgan fingerprint density at radius 3 is 3.16 bits per heavy atom. The molecule has 2 aromatic rings. The standard InChI is InChI=1S/C19H25N3O3/c1-13-6-7-15-16(10-13)21-19(20-15)17-5-2-8-22(17)18(23)12-24-11-14-4-3-9-25-14/h6-7,10,14,17H,2-5,8-9,11-12H2,1H3,(H,20,21)/t14-,17+/m1/s1. The molecule has 134 valence electrons. The SMILES string of the molecule is Cc1ccc2nc([C@@H]3CCCN3C(=O)COC[C@H]3CCCO3)[nH]c2c1. The second kappa shape index (κ2) is 7.14. The third kappa shape index (κ3) is 3.55. The molecule has 1 amide bonds. The molecule has 6 heteroatoms. The first-order valence-corrected chi connectivity index (χ1v) is 9.16. The number of amides is 1. The van der Waals surface area contributed by atoms with Crippen molar-refractivity contribution in [2.45, 2.75) is 44.8 Å². The molecule has 2 aliphatic rings. The van der Waals surface area contributed by atoms with Crippen LogP contribution in [-0.4, -0.2) is 53.2 Å². The molecule has 2 aliphatic heterocycles. The van der Waals surface area contributed by atoms with Crippen LogP contribution in [0.4, 0.5) is 0 Å². The molecule has 2 fully saturated rings. The van der Waals surface area contributed by atoms with Crippen LogP contribution in [0, 0.1) is 6.92 Å². The molecule has 1 aromatic carbocycles. The van der Waals surface area contributed by atoms with Crippen molar-refractivity contribution in [3.63, 3.8) is 0 Å². The van der Waals surface area contributed by atoms with Crippen LogP contribution in [-0.2, 0) is 14.3 Å². The number of H-pyrrole nitrogens is 1. The topological polar surface area (TPSA) is 67.5 Å². The lowest BCUT2D eigenvalue weighted by Gasteiger charge is -2.23. The van der Waals surface area contributed by atoms with E-state index in [9.17, 15) is 4.79 Å². The van der Waals surface area contributed by atoms with Gasteiger partial charge in [-0.25, -0.2) is 4.98 Å². The summed E-state index contributed by atoms with van der Waals surface area (Å²) in [6, 6.07) is 6.20. The molecule has 6 nitrogen and oxygen atoms in total. The number of aryl methyl sites for hydroxylation is 1. The number of imidazole rings is 1. The molecule has 0 unspecified atom stereocenters. The first kappa shape index (κ1) is 16.5. The minimum absolute atomic E-state index is 0.0199. The predicted molar refractivity (Wildman–Crippen MR) is 94.3 cm³/mol. The number of hydrogen-bond donors (Lipinski definition) is 1. The maximum absolute atomic E-state index is 12.6. The summed E-state index contributed by atoms with van der Waals surface area (Å²) in [5, 5.41) is 0. The fraction of sp³-hybridized carbons (Fsp3) is 0.579. The smallest absolute Gasteiger partial charge is 0.249 e. The Morgan fingerprint density at radius 1 is 1.40 bits per heavy atom. The highest BCUT2D eigenvalue weighted by Gasteiger charge is 2.32. The minimum Gasteiger partial charge on any atom is -0.376 e. The molecule has 1 N–H and O–H groups in total. The number of hydrogen-bond acceptors (Lipinski definition) is 4. The summed E-state index contributed by atoms with van der Waals surface area (Å²) in [7, 11) is 0. The number of ether oxygens (including phenoxy) is 2. The van der Waals surface area contributed by atoms with Crippen LogP contribution in [0.5, 0.6) is 0 Å². The second-order valence-electron chi connectivity index (χ2n) is 7.04. The number of likely N-dealkylation sites (tertiary alicyclic amines) is 1. The summed E-state index contributed by atoms with van der Waals surface area (Å²) in [6.45, 7) is 4.27. The number of rotatable bonds is 5. The third-order valence-electron chi connectivity index (χ3n) is 5.10. The predicted octanol–water partition coefficient (Wildman–Crippen LogP) is 2.73. The van der Waals surface area contributed by atoms with Gasteiger partial charge in [-0.1, -0.05) is 6.07 Å². The maximum Gasteiger partial charge on any atom is 0.249 e. The van der Waals surface area contributed by atoms with Gasteiger partial charge in [-0.2, -0.15) is 0 Å². The Hall–Kier alpha value is -1.92. The first-order valence-electron chi connectivity index (χ1n) is 9.16. The van der Waals surface area contributed by atoms with Gasteiger partial charge in [0.15, 0.2) is 0 Å². The van der Waals surface area contributed by atoms with Crippen molar-refractivity contribution < 1.29 is 14.3 Å². The second-order valence-corrected chi connectivity index (χ2v) is 7.04. The van der Waals surface area contributed by atoms with E-state index < -0.39 is 0 Å². The third-order valence-corrected chi connectivity index (χ3v) is 5.10. The zero-order valence-electron chi connectivity index (χ0n) is 14.7. The number of nitrogens with one attached hydrogen (secondary N) is 1. The Morgan fingerprint density at radius 2 is 2.32 bits per heavy atom. The molecule has 0 aliphatic carbocycles. The number of aromatic amines is 1. The average molecular weight is 343 g/mol. The lowest BCUT2D eigenvalue weighted by Crippen LogP contribution is -2.34. The number of benzene rings is 1. The van der Waals surface area contributed by atoms with E-state index in [1.54, 1.807) is 0 Å². The van der Waals surface area contributed by atoms with Gasteiger partial charge in [0.1, 0.15) is 12.4 Å². The molecule has 2 saturated heterocycles. The van der Waals surface area contributed by atoms with Crippen LogP contribution < -0.4 is 0 Å². The number of fused-ring (bicyclic) bond motifs is 1. The van der Waals surface area contributed by atoms with Crippen molar-refractivity contribution in [2.24, 2.45) is 0 Å². The Labute approximate surface area is 147 Å². The Balaban J connectivity index is 1.40. The monoisotopic (exact) mass is 343 g/mol. The summed E-state index contributed by atoms with van der Waals surface area (Å²) >= 11 is 0. The van der Waals surface area contributed by atoms with Crippen molar-refractivity contribution in [1.82, 2.24) is 14.9 Å². The summed E-state index contributed by atoms with van der Waals surface area (Å²) in [5.74, 6) is 0.919. The summed E-state index contributed by atoms with van der Waals surface area (Å²) in [5.41, 5.74) is 3.18. The number of carbonyl (C=O) groups is 1. The highest BCUT2D eigenvalue weighted by atomic mass is 16.5. The van der Waals surface area contributed by atoms with Gasteiger partial charge in [0.05, 0.1) is 29.8 Å². The molecule has 0 spiro atoms. The van der Waals surface area contributed by atoms with Crippen molar-refractivity contribution >= 4 is 16.9 Å². The van der Waals surface area contributed by atoms with Crippen LogP contribution in [0.2, 0.25) is 0 Å². The maximum atomic E-state index is 12.6. The number of aromatic nitrogens is 2. The molecule has 3 heterocycles. The summed E-state index contributed by atoms with van der Waals surface area (Å²) in [4.78, 5) is 22.6. The molecule has 25 heavy (non-hydrogen) atoms. The van der Waals surface area contributed by atoms with Gasteiger partial charge in [-0.05, 0) is 50.3 Å². The highest BCUT2D eigenvalue weighted by Crippen LogP contribution is 2.31. The van der Waals surface area contributed by atoms with E-state index in [0.29, 0.717) is 6.61 Å². The van der Waals surface area contributed by atoms with Gasteiger partial charge in [0.2, 0.25) is 5.91 Å². The number of nitrogens with zero attached hydrogens (tertiary/aromatic N) is 2. The largest absolute Gasteiger partial charge is 0.376 e. The van der Waals surface area contributed by atoms with Crippen molar-refractivity contribution in [3.05, 3.63) is 29.6 Å². The van der Waals surface area contributed by atoms with Crippen molar-refractivity contribution in [1.29, 1.82) is 0 Å². The molecular weight excluding hydrogens is 318 g/mol. The lowest BCUT2D eigenvalue weighted by molar-refractivity contribution is -0.138. The molecule has 0 saturated carbocycles. The van der Waals surface area contributed by atoms with Crippen LogP contribution in [0.25, 0.3) is 11.0 Å². The van der Waals surface area contributed by atoms with Gasteiger partial charge >= 0.3 is 0 Å². The van der Waals surface area contributed by atoms with Crippen LogP contribution in [0.1, 0.15) is 43.1 Å². The van der Waals surface area contributed by atoms with E-state index in [4.69, 9.17) is 14.5 Å². The molecule has 0 bridgehead atoms. The lowest BCUT2D eigenvalue weighted by atomic mass is 10.2. The highest BCUT2D eigenvalue weighted by molar-refractivity contribution is 5.79. The van der Waals surface area contributed by atoms with E-state index in [-0.39, 0.29) is 24.7 Å².